The minimum Gasteiger partial charge on any atom is -0.479 e. The fourth-order valence-corrected chi connectivity index (χ4v) is 13.0. The Kier molecular flexibility index (Phi) is 22.1. The van der Waals surface area contributed by atoms with Crippen molar-refractivity contribution in [2.24, 2.45) is 40.7 Å². The van der Waals surface area contributed by atoms with Gasteiger partial charge in [-0.2, -0.15) is 0 Å². The molecule has 8 rings (SSSR count). The molecular formula is C61H87N5O17. The lowest BCUT2D eigenvalue weighted by atomic mass is 9.78. The van der Waals surface area contributed by atoms with Gasteiger partial charge in [0.1, 0.15) is 30.1 Å². The van der Waals surface area contributed by atoms with Crippen LogP contribution in [0, 0.1) is 35.5 Å². The maximum atomic E-state index is 14.8. The molecule has 4 bridgehead atoms. The van der Waals surface area contributed by atoms with Gasteiger partial charge in [-0.05, 0) is 119 Å². The molecule has 1 amide bonds. The molecule has 458 valence electrons. The number of hydrogen-bond donors (Lipinski definition) is 4. The van der Waals surface area contributed by atoms with Gasteiger partial charge in [0.15, 0.2) is 0 Å². The molecule has 5 aliphatic heterocycles. The third-order valence-electron chi connectivity index (χ3n) is 18.0. The lowest BCUT2D eigenvalue weighted by Crippen LogP contribution is -2.61. The predicted molar refractivity (Wildman–Crippen MR) is 304 cm³/mol. The zero-order chi connectivity index (χ0) is 60.6. The molecule has 17 atom stereocenters. The van der Waals surface area contributed by atoms with Crippen LogP contribution in [0.3, 0.4) is 0 Å². The van der Waals surface area contributed by atoms with Crippen LogP contribution >= 0.6 is 0 Å². The van der Waals surface area contributed by atoms with E-state index >= 15 is 0 Å². The van der Waals surface area contributed by atoms with Gasteiger partial charge < -0.3 is 53.8 Å². The smallest absolute Gasteiger partial charge is 0.352 e. The molecule has 3 fully saturated rings. The fraction of sp³-hybridized carbons (Fsp3) is 0.672. The number of esters is 1. The van der Waals surface area contributed by atoms with E-state index in [-0.39, 0.29) is 49.6 Å². The Labute approximate surface area is 485 Å². The highest BCUT2D eigenvalue weighted by molar-refractivity contribution is 6.39. The highest BCUT2D eigenvalue weighted by atomic mass is 16.6. The van der Waals surface area contributed by atoms with Crippen LogP contribution in [-0.4, -0.2) is 163 Å². The summed E-state index contributed by atoms with van der Waals surface area (Å²) in [6.07, 6.45) is 4.88. The molecular weight excluding hydrogens is 1070 g/mol. The second-order valence-corrected chi connectivity index (χ2v) is 23.9. The number of amides is 1. The summed E-state index contributed by atoms with van der Waals surface area (Å²) in [4.78, 5) is 106. The van der Waals surface area contributed by atoms with Crippen LogP contribution in [0.2, 0.25) is 0 Å². The number of fused-ring (bicyclic) bond motifs is 15. The molecule has 22 heteroatoms. The second-order valence-electron chi connectivity index (χ2n) is 23.9. The van der Waals surface area contributed by atoms with Crippen LogP contribution in [-0.2, 0) is 52.5 Å². The Balaban J connectivity index is 1.31. The van der Waals surface area contributed by atoms with Crippen LogP contribution in [0.4, 0.5) is 0 Å². The lowest BCUT2D eigenvalue weighted by Gasteiger charge is -2.42. The van der Waals surface area contributed by atoms with Crippen molar-refractivity contribution in [3.05, 3.63) is 86.8 Å². The number of nitrogens with zero attached hydrogens (tertiary/aromatic N) is 5. The molecule has 6 aliphatic rings. The summed E-state index contributed by atoms with van der Waals surface area (Å²) in [7, 11) is 4.39. The van der Waals surface area contributed by atoms with Gasteiger partial charge in [0, 0.05) is 58.5 Å². The molecule has 0 spiro atoms. The number of aliphatic carboxylic acids is 1. The van der Waals surface area contributed by atoms with Gasteiger partial charge in [-0.25, -0.2) is 33.1 Å². The van der Waals surface area contributed by atoms with Crippen molar-refractivity contribution < 1.29 is 72.9 Å². The van der Waals surface area contributed by atoms with Crippen LogP contribution in [0.15, 0.2) is 80.5 Å². The number of aromatic nitrogens is 3. The third-order valence-corrected chi connectivity index (χ3v) is 18.0. The summed E-state index contributed by atoms with van der Waals surface area (Å²) in [5, 5.41) is 48.8. The number of aliphatic hydroxyl groups excluding tert-OH is 2. The third kappa shape index (κ3) is 14.6. The van der Waals surface area contributed by atoms with Crippen molar-refractivity contribution in [1.82, 2.24) is 18.8 Å². The largest absolute Gasteiger partial charge is 0.479 e. The van der Waals surface area contributed by atoms with E-state index in [9.17, 15) is 54.0 Å². The number of ketones is 2. The molecule has 83 heavy (non-hydrogen) atoms. The summed E-state index contributed by atoms with van der Waals surface area (Å²) >= 11 is 0. The van der Waals surface area contributed by atoms with E-state index in [0.29, 0.717) is 68.2 Å². The first-order chi connectivity index (χ1) is 39.4. The molecule has 4 N–H and O–H groups in total. The van der Waals surface area contributed by atoms with Crippen LogP contribution in [0.5, 0.6) is 0 Å². The van der Waals surface area contributed by atoms with Gasteiger partial charge in [0.05, 0.1) is 47.9 Å². The number of carboxylic acid groups (broad SMARTS) is 1. The van der Waals surface area contributed by atoms with Gasteiger partial charge in [-0.1, -0.05) is 82.3 Å². The standard InChI is InChI=1S/C61H87N5O17/c1-34-26-38(5)53(62-81-33-52(69)70)55(80-10)54(71)39(6)27-35(2)48(68)32-50(36(3)28-41-20-24-47(67)51(30-41)79-9)82-58(74)46-18-14-15-25-63(46)57(73)56(72)61(77)40(7)19-22-44(83-61)31-49(78-8)37(4)29-43-21-23-45(34)66-60(76)64(59(75)65(43)66)42-16-12-11-13-17-42/h11-13,16-17,21,23,27,29,34-36,38,40-41,43-47,49-51,54-55,67,71,77H,14-15,18-20,22,24-26,28,30-33H2,1-10H3,(H,69,70)/b37-29+,39-27+,62-53-/t34-,35+,36+,38+,40+,41-,43?,44-,45?,46-,47+,49-,50-,51+,54+,55-,61+/m0/s1. The Morgan fingerprint density at radius 3 is 2.22 bits per heavy atom. The number of carbonyl (C=O) groups excluding carboxylic acids is 4. The summed E-state index contributed by atoms with van der Waals surface area (Å²) < 4.78 is 34.1. The number of carboxylic acids is 1. The number of aliphatic hydroxyl groups is 3. The number of rotatable bonds is 10. The zero-order valence-electron chi connectivity index (χ0n) is 49.7. The number of piperidine rings is 1. The molecule has 2 aromatic rings. The minimum atomic E-state index is -2.57. The van der Waals surface area contributed by atoms with Gasteiger partial charge >= 0.3 is 23.3 Å². The van der Waals surface area contributed by atoms with Gasteiger partial charge in [0.25, 0.3) is 11.7 Å². The predicted octanol–water partition coefficient (Wildman–Crippen LogP) is 5.42. The van der Waals surface area contributed by atoms with E-state index in [4.69, 9.17) is 28.5 Å². The number of oxime groups is 1. The summed E-state index contributed by atoms with van der Waals surface area (Å²) in [6.45, 7) is 11.4. The SMILES string of the molecule is CO[C@H]1C[C@@H]2CC[C@@H](C)[C@@](O)(O2)C(=O)C(=O)N2CCCC[C@H]2C(=O)O[C@H]([C@H](C)C[C@@H]2CC[C@@H](O)[C@H](OC)C2)CC(=O)[C@H](C)/C=C(\C)[C@@H](O)[C@@H](OC)/C(=N\OCC(=O)O)[C@H](C)C[C@H](C)C2C=CC(/C=C/1C)n1c(=O)n(-c3ccccc3)c(=O)n12. The van der Waals surface area contributed by atoms with E-state index in [2.05, 4.69) is 5.16 Å². The van der Waals surface area contributed by atoms with Crippen molar-refractivity contribution in [2.75, 3.05) is 34.5 Å². The van der Waals surface area contributed by atoms with Gasteiger partial charge in [-0.3, -0.25) is 14.4 Å². The molecule has 1 saturated carbocycles. The van der Waals surface area contributed by atoms with E-state index in [0.717, 1.165) is 9.47 Å². The van der Waals surface area contributed by atoms with E-state index in [1.807, 2.05) is 26.0 Å². The first kappa shape index (κ1) is 64.7. The molecule has 0 radical (unpaired) electrons. The number of methoxy groups -OCH3 is 3. The molecule has 2 saturated heterocycles. The number of allylic oxidation sites excluding steroid dienone is 4. The monoisotopic (exact) mass is 1160 g/mol. The normalized spacial score (nSPS) is 36.0. The molecule has 1 aromatic heterocycles. The molecule has 22 nitrogen and oxygen atoms in total. The van der Waals surface area contributed by atoms with Crippen LogP contribution < -0.4 is 11.4 Å². The first-order valence-electron chi connectivity index (χ1n) is 29.3. The topological polar surface area (TPSA) is 286 Å². The highest BCUT2D eigenvalue weighted by Gasteiger charge is 2.53. The Morgan fingerprint density at radius 2 is 1.54 bits per heavy atom. The van der Waals surface area contributed by atoms with Crippen molar-refractivity contribution in [3.63, 3.8) is 0 Å². The molecule has 6 heterocycles. The van der Waals surface area contributed by atoms with E-state index in [1.54, 1.807) is 84.2 Å². The number of hydrogen-bond acceptors (Lipinski definition) is 17. The van der Waals surface area contributed by atoms with E-state index in [1.165, 1.54) is 23.6 Å². The van der Waals surface area contributed by atoms with E-state index < -0.39 is 138 Å². The quantitative estimate of drug-likeness (QED) is 0.0999. The zero-order valence-corrected chi connectivity index (χ0v) is 49.7. The Hall–Kier alpha value is -5.88. The number of benzene rings is 1. The Bertz CT molecular complexity index is 2870. The molecule has 2 unspecified atom stereocenters. The molecule has 1 aliphatic carbocycles. The molecule has 1 aromatic carbocycles. The summed E-state index contributed by atoms with van der Waals surface area (Å²) in [5.41, 5.74) is 0.170. The van der Waals surface area contributed by atoms with Crippen LogP contribution in [0.1, 0.15) is 138 Å². The maximum absolute atomic E-state index is 14.8. The van der Waals surface area contributed by atoms with Crippen LogP contribution in [0.25, 0.3) is 5.69 Å². The van der Waals surface area contributed by atoms with Gasteiger partial charge in [-0.15, -0.1) is 0 Å². The number of para-hydroxylation sites is 1. The van der Waals surface area contributed by atoms with Crippen molar-refractivity contribution in [1.29, 1.82) is 0 Å². The van der Waals surface area contributed by atoms with Gasteiger partial charge in [0.2, 0.25) is 12.4 Å². The minimum absolute atomic E-state index is 0.0135. The second kappa shape index (κ2) is 28.3. The average Bonchev–Trinajstić information content (AvgIpc) is 2.19. The number of carbonyl (C=O) groups is 5. The fourth-order valence-electron chi connectivity index (χ4n) is 13.0. The van der Waals surface area contributed by atoms with Crippen molar-refractivity contribution >= 4 is 35.1 Å². The summed E-state index contributed by atoms with van der Waals surface area (Å²) in [6, 6.07) is 5.73. The average molecular weight is 1160 g/mol. The maximum Gasteiger partial charge on any atom is 0.352 e. The lowest BCUT2D eigenvalue weighted by molar-refractivity contribution is -0.265. The van der Waals surface area contributed by atoms with Crippen molar-refractivity contribution in [2.45, 2.75) is 192 Å². The summed E-state index contributed by atoms with van der Waals surface area (Å²) in [5.74, 6) is -10.5. The first-order valence-corrected chi connectivity index (χ1v) is 29.3. The highest BCUT2D eigenvalue weighted by Crippen LogP contribution is 2.39. The Morgan fingerprint density at radius 1 is 0.831 bits per heavy atom. The number of ether oxygens (including phenoxy) is 5. The van der Waals surface area contributed by atoms with Crippen molar-refractivity contribution in [3.8, 4) is 5.69 Å². The number of Topliss-reactive ketones (excluding diaryl/α,β-unsaturated/α-hetero) is 2.